The van der Waals surface area contributed by atoms with Gasteiger partial charge in [0, 0.05) is 6.04 Å². The Labute approximate surface area is 112 Å². The van der Waals surface area contributed by atoms with E-state index >= 15 is 0 Å². The number of carbonyl (C=O) groups excluding carboxylic acids is 1. The minimum absolute atomic E-state index is 0.186. The van der Waals surface area contributed by atoms with E-state index in [2.05, 4.69) is 6.07 Å². The number of hydrogen-bond donors (Lipinski definition) is 1. The summed E-state index contributed by atoms with van der Waals surface area (Å²) in [7, 11) is 1.43. The smallest absolute Gasteiger partial charge is 0.313 e. The minimum atomic E-state index is -0.501. The maximum atomic E-state index is 11.9. The van der Waals surface area contributed by atoms with Crippen molar-refractivity contribution in [2.45, 2.75) is 31.7 Å². The number of benzene rings is 1. The summed E-state index contributed by atoms with van der Waals surface area (Å²) in [6, 6.07) is 5.74. The first-order valence-electron chi connectivity index (χ1n) is 6.77. The van der Waals surface area contributed by atoms with Gasteiger partial charge in [0.2, 0.25) is 0 Å². The monoisotopic (exact) mass is 261 g/mol. The SMILES string of the molecule is COC(=O)C1(C(N)c2ccc3c(c2)CCCO3)CC1. The molecule has 3 rings (SSSR count). The number of ether oxygens (including phenoxy) is 2. The van der Waals surface area contributed by atoms with Crippen molar-refractivity contribution in [3.8, 4) is 5.75 Å². The van der Waals surface area contributed by atoms with E-state index in [9.17, 15) is 4.79 Å². The highest BCUT2D eigenvalue weighted by atomic mass is 16.5. The number of carbonyl (C=O) groups is 1. The molecule has 1 unspecified atom stereocenters. The number of fused-ring (bicyclic) bond motifs is 1. The molecule has 0 saturated heterocycles. The van der Waals surface area contributed by atoms with E-state index in [0.29, 0.717) is 0 Å². The minimum Gasteiger partial charge on any atom is -0.493 e. The zero-order valence-electron chi connectivity index (χ0n) is 11.1. The molecule has 0 radical (unpaired) electrons. The van der Waals surface area contributed by atoms with Crippen LogP contribution in [-0.4, -0.2) is 19.7 Å². The van der Waals surface area contributed by atoms with Crippen molar-refractivity contribution in [3.05, 3.63) is 29.3 Å². The van der Waals surface area contributed by atoms with E-state index in [1.807, 2.05) is 12.1 Å². The first-order chi connectivity index (χ1) is 9.17. The number of aryl methyl sites for hydroxylation is 1. The van der Waals surface area contributed by atoms with E-state index in [4.69, 9.17) is 15.2 Å². The predicted molar refractivity (Wildman–Crippen MR) is 70.9 cm³/mol. The lowest BCUT2D eigenvalue weighted by Gasteiger charge is -2.24. The zero-order valence-corrected chi connectivity index (χ0v) is 11.1. The van der Waals surface area contributed by atoms with Crippen LogP contribution < -0.4 is 10.5 Å². The summed E-state index contributed by atoms with van der Waals surface area (Å²) in [5, 5.41) is 0. The molecule has 102 valence electrons. The van der Waals surface area contributed by atoms with Crippen molar-refractivity contribution in [2.75, 3.05) is 13.7 Å². The largest absolute Gasteiger partial charge is 0.493 e. The maximum absolute atomic E-state index is 11.9. The van der Waals surface area contributed by atoms with Crippen molar-refractivity contribution in [2.24, 2.45) is 11.1 Å². The molecule has 1 saturated carbocycles. The zero-order chi connectivity index (χ0) is 13.5. The molecule has 1 fully saturated rings. The van der Waals surface area contributed by atoms with Gasteiger partial charge in [-0.2, -0.15) is 0 Å². The van der Waals surface area contributed by atoms with Crippen molar-refractivity contribution >= 4 is 5.97 Å². The van der Waals surface area contributed by atoms with E-state index < -0.39 is 5.41 Å². The Bertz CT molecular complexity index is 508. The van der Waals surface area contributed by atoms with E-state index in [1.54, 1.807) is 0 Å². The molecule has 1 atom stereocenters. The molecular weight excluding hydrogens is 242 g/mol. The Morgan fingerprint density at radius 1 is 1.47 bits per heavy atom. The van der Waals surface area contributed by atoms with Crippen LogP contribution >= 0.6 is 0 Å². The molecule has 1 aliphatic carbocycles. The fourth-order valence-corrected chi connectivity index (χ4v) is 2.87. The van der Waals surface area contributed by atoms with Gasteiger partial charge in [0.15, 0.2) is 0 Å². The highest BCUT2D eigenvalue weighted by Crippen LogP contribution is 2.55. The first kappa shape index (κ1) is 12.5. The van der Waals surface area contributed by atoms with Crippen LogP contribution in [0, 0.1) is 5.41 Å². The predicted octanol–water partition coefficient (Wildman–Crippen LogP) is 1.96. The lowest BCUT2D eigenvalue weighted by Crippen LogP contribution is -2.31. The van der Waals surface area contributed by atoms with Crippen molar-refractivity contribution in [3.63, 3.8) is 0 Å². The molecule has 0 spiro atoms. The molecular formula is C15H19NO3. The summed E-state index contributed by atoms with van der Waals surface area (Å²) in [5.41, 5.74) is 8.00. The quantitative estimate of drug-likeness (QED) is 0.845. The van der Waals surface area contributed by atoms with Crippen LogP contribution in [-0.2, 0) is 16.0 Å². The van der Waals surface area contributed by atoms with Gasteiger partial charge in [-0.3, -0.25) is 4.79 Å². The van der Waals surface area contributed by atoms with Crippen LogP contribution in [0.2, 0.25) is 0 Å². The number of hydrogen-bond acceptors (Lipinski definition) is 4. The first-order valence-corrected chi connectivity index (χ1v) is 6.77. The molecule has 0 amide bonds. The summed E-state index contributed by atoms with van der Waals surface area (Å²) in [5.74, 6) is 0.763. The molecule has 1 aromatic rings. The third kappa shape index (κ3) is 2.00. The second kappa shape index (κ2) is 4.53. The van der Waals surface area contributed by atoms with Crippen molar-refractivity contribution < 1.29 is 14.3 Å². The molecule has 0 bridgehead atoms. The number of methoxy groups -OCH3 is 1. The third-order valence-corrected chi connectivity index (χ3v) is 4.27. The number of nitrogens with two attached hydrogens (primary N) is 1. The van der Waals surface area contributed by atoms with Gasteiger partial charge in [-0.15, -0.1) is 0 Å². The van der Waals surface area contributed by atoms with Crippen LogP contribution in [0.3, 0.4) is 0 Å². The second-order valence-electron chi connectivity index (χ2n) is 5.44. The van der Waals surface area contributed by atoms with Gasteiger partial charge >= 0.3 is 5.97 Å². The molecule has 4 nitrogen and oxygen atoms in total. The van der Waals surface area contributed by atoms with Gasteiger partial charge in [-0.05, 0) is 42.9 Å². The van der Waals surface area contributed by atoms with Gasteiger partial charge in [0.1, 0.15) is 5.75 Å². The van der Waals surface area contributed by atoms with Crippen LogP contribution in [0.25, 0.3) is 0 Å². The van der Waals surface area contributed by atoms with Crippen LogP contribution in [0.5, 0.6) is 5.75 Å². The standard InChI is InChI=1S/C15H19NO3/c1-18-14(17)15(6-7-15)13(16)11-4-5-12-10(9-11)3-2-8-19-12/h4-5,9,13H,2-3,6-8,16H2,1H3. The maximum Gasteiger partial charge on any atom is 0.313 e. The lowest BCUT2D eigenvalue weighted by molar-refractivity contribution is -0.148. The number of rotatable bonds is 3. The van der Waals surface area contributed by atoms with Gasteiger partial charge in [0.25, 0.3) is 0 Å². The summed E-state index contributed by atoms with van der Waals surface area (Å²) in [4.78, 5) is 11.9. The summed E-state index contributed by atoms with van der Waals surface area (Å²) in [6.45, 7) is 0.782. The van der Waals surface area contributed by atoms with Gasteiger partial charge in [0.05, 0.1) is 19.1 Å². The fraction of sp³-hybridized carbons (Fsp3) is 0.533. The molecule has 1 aliphatic heterocycles. The van der Waals surface area contributed by atoms with Gasteiger partial charge < -0.3 is 15.2 Å². The topological polar surface area (TPSA) is 61.5 Å². The van der Waals surface area contributed by atoms with Gasteiger partial charge in [-0.1, -0.05) is 12.1 Å². The highest BCUT2D eigenvalue weighted by molar-refractivity contribution is 5.81. The average Bonchev–Trinajstić information content (AvgIpc) is 3.26. The normalized spacial score (nSPS) is 20.9. The summed E-state index contributed by atoms with van der Waals surface area (Å²) >= 11 is 0. The molecule has 0 aromatic heterocycles. The van der Waals surface area contributed by atoms with E-state index in [1.165, 1.54) is 12.7 Å². The highest BCUT2D eigenvalue weighted by Gasteiger charge is 2.56. The summed E-state index contributed by atoms with van der Waals surface area (Å²) < 4.78 is 10.5. The summed E-state index contributed by atoms with van der Waals surface area (Å²) in [6.07, 6.45) is 3.68. The van der Waals surface area contributed by atoms with Crippen molar-refractivity contribution in [1.82, 2.24) is 0 Å². The molecule has 2 N–H and O–H groups in total. The Hall–Kier alpha value is -1.55. The Morgan fingerprint density at radius 3 is 2.95 bits per heavy atom. The Morgan fingerprint density at radius 2 is 2.26 bits per heavy atom. The average molecular weight is 261 g/mol. The van der Waals surface area contributed by atoms with Crippen LogP contribution in [0.1, 0.15) is 36.4 Å². The fourth-order valence-electron chi connectivity index (χ4n) is 2.87. The lowest BCUT2D eigenvalue weighted by atomic mass is 9.89. The van der Waals surface area contributed by atoms with E-state index in [0.717, 1.165) is 43.6 Å². The Balaban J connectivity index is 1.88. The molecule has 1 aromatic carbocycles. The molecule has 1 heterocycles. The third-order valence-electron chi connectivity index (χ3n) is 4.27. The number of esters is 1. The second-order valence-corrected chi connectivity index (χ2v) is 5.44. The molecule has 4 heteroatoms. The van der Waals surface area contributed by atoms with E-state index in [-0.39, 0.29) is 12.0 Å². The van der Waals surface area contributed by atoms with Gasteiger partial charge in [-0.25, -0.2) is 0 Å². The molecule has 19 heavy (non-hydrogen) atoms. The van der Waals surface area contributed by atoms with Crippen LogP contribution in [0.4, 0.5) is 0 Å². The van der Waals surface area contributed by atoms with Crippen LogP contribution in [0.15, 0.2) is 18.2 Å². The molecule has 2 aliphatic rings. The Kier molecular flexibility index (Phi) is 2.97. The van der Waals surface area contributed by atoms with Crippen molar-refractivity contribution in [1.29, 1.82) is 0 Å².